The first kappa shape index (κ1) is 69.6. The number of benzene rings is 5. The van der Waals surface area contributed by atoms with Gasteiger partial charge in [-0.3, -0.25) is 0 Å². The highest BCUT2D eigenvalue weighted by atomic mass is 19.2. The molecule has 490 valence electrons. The summed E-state index contributed by atoms with van der Waals surface area (Å²) in [4.78, 5) is 0. The molecule has 0 heterocycles. The van der Waals surface area contributed by atoms with Gasteiger partial charge in [-0.25, -0.2) is 26.3 Å². The lowest BCUT2D eigenvalue weighted by molar-refractivity contribution is 0.155. The minimum atomic E-state index is -0.751. The second-order valence-corrected chi connectivity index (χ2v) is 30.3. The third kappa shape index (κ3) is 19.6. The van der Waals surface area contributed by atoms with Crippen LogP contribution in [0.4, 0.5) is 26.3 Å². The Morgan fingerprint density at radius 3 is 0.830 bits per heavy atom. The van der Waals surface area contributed by atoms with E-state index >= 15 is 0 Å². The first-order valence-corrected chi connectivity index (χ1v) is 35.7. The maximum atomic E-state index is 14.2. The van der Waals surface area contributed by atoms with Gasteiger partial charge in [-0.2, -0.15) is 0 Å². The summed E-state index contributed by atoms with van der Waals surface area (Å²) in [7, 11) is 0. The first-order chi connectivity index (χ1) is 42.2. The number of aryl methyl sites for hydroxylation is 4. The molecule has 5 aromatic rings. The topological polar surface area (TPSA) is 0 Å². The van der Waals surface area contributed by atoms with Crippen LogP contribution >= 0.6 is 0 Å². The van der Waals surface area contributed by atoms with Crippen molar-refractivity contribution < 1.29 is 30.6 Å². The van der Waals surface area contributed by atoms with Crippen LogP contribution in [0.1, 0.15) is 294 Å². The van der Waals surface area contributed by atoms with Crippen LogP contribution in [0.25, 0.3) is 11.1 Å². The van der Waals surface area contributed by atoms with E-state index in [0.717, 1.165) is 109 Å². The van der Waals surface area contributed by atoms with E-state index in [1.807, 2.05) is 12.1 Å². The number of hydrogen-bond donors (Lipinski definition) is 0. The van der Waals surface area contributed by atoms with Crippen molar-refractivity contribution >= 4 is 0 Å². The Labute approximate surface area is 535 Å². The molecule has 0 bridgehead atoms. The Morgan fingerprint density at radius 1 is 0.250 bits per heavy atom. The molecule has 5 aromatic carbocycles. The summed E-state index contributed by atoms with van der Waals surface area (Å²) in [5.74, 6) is 7.23. The Balaban J connectivity index is 0.000000208. The molecule has 88 heavy (non-hydrogen) atoms. The van der Waals surface area contributed by atoms with Crippen molar-refractivity contribution in [1.82, 2.24) is 0 Å². The second kappa shape index (κ2) is 33.8. The van der Waals surface area contributed by atoms with Gasteiger partial charge >= 0.3 is 0 Å². The average Bonchev–Trinajstić information content (AvgIpc) is 1.14. The Bertz CT molecular complexity index is 2850. The van der Waals surface area contributed by atoms with Crippen molar-refractivity contribution in [2.75, 3.05) is 0 Å². The van der Waals surface area contributed by atoms with Crippen molar-refractivity contribution in [3.63, 3.8) is 0 Å². The lowest BCUT2D eigenvalue weighted by Gasteiger charge is -2.37. The molecule has 0 saturated heterocycles. The van der Waals surface area contributed by atoms with Crippen molar-refractivity contribution in [1.29, 1.82) is 0 Å². The number of rotatable bonds is 7. The fourth-order valence-corrected chi connectivity index (χ4v) is 16.5. The highest BCUT2D eigenvalue weighted by Gasteiger charge is 2.33. The Kier molecular flexibility index (Phi) is 26.7. The fourth-order valence-electron chi connectivity index (χ4n) is 16.5. The highest BCUT2D eigenvalue weighted by molar-refractivity contribution is 5.65. The van der Waals surface area contributed by atoms with Gasteiger partial charge in [0.05, 0.1) is 0 Å². The van der Waals surface area contributed by atoms with Gasteiger partial charge in [0.1, 0.15) is 0 Å². The molecular formula is C82H120F6. The van der Waals surface area contributed by atoms with Gasteiger partial charge in [0.15, 0.2) is 34.9 Å². The Morgan fingerprint density at radius 2 is 0.500 bits per heavy atom. The molecule has 0 N–H and O–H groups in total. The molecule has 0 spiro atoms. The van der Waals surface area contributed by atoms with Crippen LogP contribution in [0, 0.1) is 122 Å². The van der Waals surface area contributed by atoms with Crippen LogP contribution in [0.3, 0.4) is 0 Å². The molecule has 0 unspecified atom stereocenters. The predicted molar refractivity (Wildman–Crippen MR) is 365 cm³/mol. The molecule has 7 fully saturated rings. The van der Waals surface area contributed by atoms with Gasteiger partial charge < -0.3 is 0 Å². The van der Waals surface area contributed by atoms with E-state index in [0.29, 0.717) is 39.3 Å². The summed E-state index contributed by atoms with van der Waals surface area (Å²) in [5, 5.41) is 0. The standard InChI is InChI=1S/C20H28F2.C20H22F2.C14H18F2.C14H26.C14H20.3H2/c2*1-13-3-6-15(7-4-13)16-8-10-17(11-9-16)18-12-5-14(2)19(21)20(18)22;1-9-3-6-11(7-4-9)12-8-5-10(2)13(15)14(12)16;2*1-11-3-7-13(8-4-11)14-9-5-12(2)6-10-14;;;/h5,12-13,15-17H,3-4,6-11H2,1-2H3;5,8-13,15H,3-4,6-7H2,1-2H3;5,8-9,11H,3-4,6-7H2,1-2H3;11-14H,3-10H2,1-2H3;3-4,7-8,12,14H,5-6,9-10H2,1-2H3;3*1H. The van der Waals surface area contributed by atoms with E-state index in [-0.39, 0.29) is 16.1 Å². The zero-order chi connectivity index (χ0) is 63.0. The summed E-state index contributed by atoms with van der Waals surface area (Å²) in [5.41, 5.74) is 7.67. The van der Waals surface area contributed by atoms with E-state index in [2.05, 4.69) is 84.9 Å². The fraction of sp³-hybridized carbons (Fsp3) is 0.634. The lowest BCUT2D eigenvalue weighted by atomic mass is 9.68. The van der Waals surface area contributed by atoms with Gasteiger partial charge in [-0.05, 0) is 258 Å². The van der Waals surface area contributed by atoms with Crippen molar-refractivity contribution in [2.45, 2.75) is 273 Å². The molecule has 0 aromatic heterocycles. The molecule has 7 saturated carbocycles. The quantitative estimate of drug-likeness (QED) is 0.143. The van der Waals surface area contributed by atoms with E-state index < -0.39 is 34.9 Å². The summed E-state index contributed by atoms with van der Waals surface area (Å²) in [6, 6.07) is 27.4. The maximum absolute atomic E-state index is 14.2. The number of halogens is 6. The largest absolute Gasteiger partial charge is 0.203 e. The van der Waals surface area contributed by atoms with Gasteiger partial charge in [0.2, 0.25) is 0 Å². The molecule has 0 radical (unpaired) electrons. The van der Waals surface area contributed by atoms with E-state index in [4.69, 9.17) is 0 Å². The van der Waals surface area contributed by atoms with Gasteiger partial charge in [-0.15, -0.1) is 0 Å². The smallest absolute Gasteiger partial charge is 0.166 e. The molecule has 0 aliphatic heterocycles. The first-order valence-electron chi connectivity index (χ1n) is 35.7. The summed E-state index contributed by atoms with van der Waals surface area (Å²) >= 11 is 0. The van der Waals surface area contributed by atoms with Crippen LogP contribution in [0.5, 0.6) is 0 Å². The maximum Gasteiger partial charge on any atom is 0.166 e. The van der Waals surface area contributed by atoms with Crippen molar-refractivity contribution in [3.8, 4) is 11.1 Å². The zero-order valence-corrected chi connectivity index (χ0v) is 56.2. The van der Waals surface area contributed by atoms with Crippen LogP contribution in [0.15, 0.2) is 84.9 Å². The Hall–Kier alpha value is -4.32. The lowest BCUT2D eigenvalue weighted by Crippen LogP contribution is -2.25. The molecular weight excluding hydrogens is 1100 g/mol. The predicted octanol–water partition coefficient (Wildman–Crippen LogP) is 26.8. The minimum absolute atomic E-state index is 0. The summed E-state index contributed by atoms with van der Waals surface area (Å²) < 4.78 is 82.9. The third-order valence-electron chi connectivity index (χ3n) is 23.3. The molecule has 0 atom stereocenters. The second-order valence-electron chi connectivity index (χ2n) is 30.3. The minimum Gasteiger partial charge on any atom is -0.203 e. The summed E-state index contributed by atoms with van der Waals surface area (Å²) in [6.45, 7) is 21.1. The molecule has 6 heteroatoms. The van der Waals surface area contributed by atoms with Crippen LogP contribution in [-0.2, 0) is 0 Å². The van der Waals surface area contributed by atoms with Gasteiger partial charge in [0, 0.05) is 9.84 Å². The van der Waals surface area contributed by atoms with Crippen LogP contribution in [0.2, 0.25) is 0 Å². The third-order valence-corrected chi connectivity index (χ3v) is 23.3. The molecule has 0 nitrogen and oxygen atoms in total. The number of hydrogen-bond acceptors (Lipinski definition) is 0. The van der Waals surface area contributed by atoms with Crippen LogP contribution < -0.4 is 0 Å². The summed E-state index contributed by atoms with van der Waals surface area (Å²) in [6.07, 6.45) is 37.0. The zero-order valence-electron chi connectivity index (χ0n) is 56.2. The van der Waals surface area contributed by atoms with Gasteiger partial charge in [0.25, 0.3) is 0 Å². The highest BCUT2D eigenvalue weighted by Crippen LogP contribution is 2.46. The van der Waals surface area contributed by atoms with E-state index in [1.54, 1.807) is 88.4 Å². The normalized spacial score (nSPS) is 29.9. The SMILES string of the molecule is CC1CCC(C2CCC(C)CC2)CC1.Cc1ccc(-c2ccc(C3CCC(C)CC3)cc2)c(F)c1F.Cc1ccc(C2CCC(C)CC2)c(F)c1F.Cc1ccc(C2CCC(C)CC2)cc1.Cc1ccc(C2CCC(C3CCC(C)CC3)CC2)c(F)c1F.[HH].[HH].[HH]. The van der Waals surface area contributed by atoms with E-state index in [9.17, 15) is 26.3 Å². The molecule has 12 rings (SSSR count). The van der Waals surface area contributed by atoms with Crippen molar-refractivity contribution in [2.24, 2.45) is 59.2 Å². The van der Waals surface area contributed by atoms with Crippen molar-refractivity contribution in [3.05, 3.63) is 164 Å². The van der Waals surface area contributed by atoms with Gasteiger partial charge in [-0.1, -0.05) is 209 Å². The molecule has 7 aliphatic carbocycles. The van der Waals surface area contributed by atoms with Crippen LogP contribution in [-0.4, -0.2) is 0 Å². The average molecular weight is 1220 g/mol. The van der Waals surface area contributed by atoms with E-state index in [1.165, 1.54) is 127 Å². The molecule has 7 aliphatic rings. The molecule has 0 amide bonds. The monoisotopic (exact) mass is 1220 g/mol.